The molecule has 2 aromatic rings. The number of rotatable bonds is 4. The van der Waals surface area contributed by atoms with Gasteiger partial charge in [0.05, 0.1) is 6.20 Å². The van der Waals surface area contributed by atoms with Gasteiger partial charge in [-0.15, -0.1) is 0 Å². The summed E-state index contributed by atoms with van der Waals surface area (Å²) in [4.78, 5) is 23.0. The topological polar surface area (TPSA) is 77.0 Å². The van der Waals surface area contributed by atoms with E-state index in [0.717, 1.165) is 6.20 Å². The average Bonchev–Trinajstić information content (AvgIpc) is 2.45. The van der Waals surface area contributed by atoms with Crippen LogP contribution in [0, 0.1) is 0 Å². The molecule has 0 unspecified atom stereocenters. The van der Waals surface area contributed by atoms with Crippen molar-refractivity contribution in [2.75, 3.05) is 11.9 Å². The molecule has 22 heavy (non-hydrogen) atoms. The maximum Gasteiger partial charge on any atom is 0.422 e. The number of carbonyl (C=O) groups is 1. The van der Waals surface area contributed by atoms with Crippen molar-refractivity contribution in [2.45, 2.75) is 6.18 Å². The second-order valence-corrected chi connectivity index (χ2v) is 4.28. The van der Waals surface area contributed by atoms with E-state index in [1.165, 1.54) is 24.5 Å². The Bertz CT molecular complexity index is 681. The van der Waals surface area contributed by atoms with Crippen LogP contribution in [0.25, 0.3) is 0 Å². The van der Waals surface area contributed by atoms with E-state index in [4.69, 9.17) is 11.6 Å². The first-order valence-corrected chi connectivity index (χ1v) is 6.16. The first-order chi connectivity index (χ1) is 10.3. The lowest BCUT2D eigenvalue weighted by molar-refractivity contribution is -0.153. The van der Waals surface area contributed by atoms with Gasteiger partial charge in [-0.2, -0.15) is 13.2 Å². The summed E-state index contributed by atoms with van der Waals surface area (Å²) in [5, 5.41) is 2.22. The van der Waals surface area contributed by atoms with Gasteiger partial charge in [0.2, 0.25) is 5.28 Å². The molecule has 0 aromatic carbocycles. The van der Waals surface area contributed by atoms with Crippen LogP contribution in [0.5, 0.6) is 5.75 Å². The Morgan fingerprint density at radius 1 is 1.32 bits per heavy atom. The number of hydrogen-bond acceptors (Lipinski definition) is 5. The predicted octanol–water partition coefficient (Wildman–Crippen LogP) is 2.72. The van der Waals surface area contributed by atoms with Crippen molar-refractivity contribution in [3.05, 3.63) is 41.7 Å². The fourth-order valence-corrected chi connectivity index (χ4v) is 1.56. The van der Waals surface area contributed by atoms with Gasteiger partial charge in [-0.1, -0.05) is 0 Å². The third-order valence-electron chi connectivity index (χ3n) is 2.28. The highest BCUT2D eigenvalue weighted by molar-refractivity contribution is 6.28. The van der Waals surface area contributed by atoms with E-state index in [1.807, 2.05) is 0 Å². The van der Waals surface area contributed by atoms with Gasteiger partial charge in [0.15, 0.2) is 6.61 Å². The molecule has 1 N–H and O–H groups in total. The third-order valence-corrected chi connectivity index (χ3v) is 2.46. The fraction of sp³-hybridized carbons (Fsp3) is 0.167. The zero-order chi connectivity index (χ0) is 16.2. The summed E-state index contributed by atoms with van der Waals surface area (Å²) >= 11 is 5.56. The first-order valence-electron chi connectivity index (χ1n) is 5.78. The van der Waals surface area contributed by atoms with Crippen molar-refractivity contribution in [3.63, 3.8) is 0 Å². The van der Waals surface area contributed by atoms with Crippen LogP contribution in [-0.2, 0) is 0 Å². The van der Waals surface area contributed by atoms with Crippen LogP contribution in [0.2, 0.25) is 5.28 Å². The molecule has 2 heterocycles. The maximum absolute atomic E-state index is 12.2. The molecule has 2 rings (SSSR count). The Labute approximate surface area is 127 Å². The van der Waals surface area contributed by atoms with E-state index in [-0.39, 0.29) is 22.4 Å². The van der Waals surface area contributed by atoms with E-state index < -0.39 is 18.7 Å². The molecular formula is C12H8ClF3N4O2. The minimum Gasteiger partial charge on any atom is -0.482 e. The lowest BCUT2D eigenvalue weighted by Crippen LogP contribution is -2.20. The van der Waals surface area contributed by atoms with Gasteiger partial charge < -0.3 is 10.1 Å². The number of hydrogen-bond donors (Lipinski definition) is 1. The van der Waals surface area contributed by atoms with Crippen molar-refractivity contribution in [1.82, 2.24) is 15.0 Å². The molecule has 0 bridgehead atoms. The van der Waals surface area contributed by atoms with Crippen LogP contribution in [0.3, 0.4) is 0 Å². The third kappa shape index (κ3) is 4.55. The molecule has 0 aliphatic rings. The van der Waals surface area contributed by atoms with E-state index >= 15 is 0 Å². The number of pyridine rings is 1. The highest BCUT2D eigenvalue weighted by Crippen LogP contribution is 2.25. The zero-order valence-electron chi connectivity index (χ0n) is 10.8. The summed E-state index contributed by atoms with van der Waals surface area (Å²) in [5.74, 6) is -0.852. The Morgan fingerprint density at radius 3 is 2.77 bits per heavy atom. The molecule has 0 aliphatic heterocycles. The molecular weight excluding hydrogens is 325 g/mol. The van der Waals surface area contributed by atoms with Crippen molar-refractivity contribution in [1.29, 1.82) is 0 Å². The van der Waals surface area contributed by atoms with Crippen molar-refractivity contribution >= 4 is 23.2 Å². The number of anilines is 1. The largest absolute Gasteiger partial charge is 0.482 e. The number of amides is 1. The van der Waals surface area contributed by atoms with E-state index in [0.29, 0.717) is 0 Å². The van der Waals surface area contributed by atoms with Crippen LogP contribution in [0.1, 0.15) is 10.5 Å². The van der Waals surface area contributed by atoms with E-state index in [2.05, 4.69) is 25.0 Å². The van der Waals surface area contributed by atoms with Crippen molar-refractivity contribution in [2.24, 2.45) is 0 Å². The van der Waals surface area contributed by atoms with Gasteiger partial charge in [0.25, 0.3) is 5.91 Å². The number of halogens is 4. The Balaban J connectivity index is 2.14. The number of nitrogens with zero attached hydrogens (tertiary/aromatic N) is 3. The number of ether oxygens (including phenoxy) is 1. The molecule has 0 fully saturated rings. The van der Waals surface area contributed by atoms with Gasteiger partial charge >= 0.3 is 6.18 Å². The highest BCUT2D eigenvalue weighted by Gasteiger charge is 2.29. The summed E-state index contributed by atoms with van der Waals surface area (Å²) in [6, 6.07) is 2.50. The number of carbonyl (C=O) groups excluding carboxylic acids is 1. The summed E-state index contributed by atoms with van der Waals surface area (Å²) in [6.45, 7) is -1.49. The van der Waals surface area contributed by atoms with Gasteiger partial charge in [-0.05, 0) is 17.7 Å². The van der Waals surface area contributed by atoms with E-state index in [9.17, 15) is 18.0 Å². The lowest BCUT2D eigenvalue weighted by Gasteiger charge is -2.13. The molecule has 6 nitrogen and oxygen atoms in total. The average molecular weight is 333 g/mol. The SMILES string of the molecule is O=C(Nc1cnccc1OCC(F)(F)F)c1ccnc(Cl)n1. The van der Waals surface area contributed by atoms with Crippen LogP contribution in [-0.4, -0.2) is 33.6 Å². The summed E-state index contributed by atoms with van der Waals surface area (Å²) in [6.07, 6.45) is -0.825. The lowest BCUT2D eigenvalue weighted by atomic mass is 10.3. The Kier molecular flexibility index (Phi) is 4.76. The molecule has 0 saturated heterocycles. The highest BCUT2D eigenvalue weighted by atomic mass is 35.5. The molecule has 0 spiro atoms. The Morgan fingerprint density at radius 2 is 2.09 bits per heavy atom. The summed E-state index contributed by atoms with van der Waals surface area (Å²) in [5.41, 5.74) is -0.0721. The Hall–Kier alpha value is -2.42. The second-order valence-electron chi connectivity index (χ2n) is 3.94. The number of nitrogens with one attached hydrogen (secondary N) is 1. The molecule has 10 heteroatoms. The van der Waals surface area contributed by atoms with Gasteiger partial charge in [-0.3, -0.25) is 9.78 Å². The molecule has 0 saturated carbocycles. The monoisotopic (exact) mass is 332 g/mol. The van der Waals surface area contributed by atoms with Gasteiger partial charge in [0.1, 0.15) is 17.1 Å². The van der Waals surface area contributed by atoms with Crippen LogP contribution in [0.4, 0.5) is 18.9 Å². The van der Waals surface area contributed by atoms with Crippen molar-refractivity contribution < 1.29 is 22.7 Å². The molecule has 116 valence electrons. The van der Waals surface area contributed by atoms with Gasteiger partial charge in [-0.25, -0.2) is 9.97 Å². The van der Waals surface area contributed by atoms with Crippen LogP contribution >= 0.6 is 11.6 Å². The number of aromatic nitrogens is 3. The van der Waals surface area contributed by atoms with Crippen LogP contribution < -0.4 is 10.1 Å². The number of alkyl halides is 3. The zero-order valence-corrected chi connectivity index (χ0v) is 11.5. The predicted molar refractivity (Wildman–Crippen MR) is 70.8 cm³/mol. The summed E-state index contributed by atoms with van der Waals surface area (Å²) in [7, 11) is 0. The quantitative estimate of drug-likeness (QED) is 0.871. The minimum atomic E-state index is -4.50. The molecule has 0 aliphatic carbocycles. The normalized spacial score (nSPS) is 11.1. The maximum atomic E-state index is 12.2. The van der Waals surface area contributed by atoms with Crippen LogP contribution in [0.15, 0.2) is 30.7 Å². The standard InChI is InChI=1S/C12H8ClF3N4O2/c13-11-18-4-1-7(20-11)10(21)19-8-5-17-3-2-9(8)22-6-12(14,15)16/h1-5H,6H2,(H,19,21). The van der Waals surface area contributed by atoms with Gasteiger partial charge in [0, 0.05) is 18.5 Å². The molecule has 1 amide bonds. The summed E-state index contributed by atoms with van der Waals surface area (Å²) < 4.78 is 41.2. The van der Waals surface area contributed by atoms with Crippen molar-refractivity contribution in [3.8, 4) is 5.75 Å². The molecule has 0 atom stereocenters. The first kappa shape index (κ1) is 16.0. The molecule has 2 aromatic heterocycles. The molecule has 0 radical (unpaired) electrons. The minimum absolute atomic E-state index is 0.0218. The second kappa shape index (κ2) is 6.56. The van der Waals surface area contributed by atoms with E-state index in [1.54, 1.807) is 0 Å². The fourth-order valence-electron chi connectivity index (χ4n) is 1.41. The smallest absolute Gasteiger partial charge is 0.422 e.